The Balaban J connectivity index is 1.46. The molecule has 8 heteroatoms. The van der Waals surface area contributed by atoms with Gasteiger partial charge in [0.25, 0.3) is 0 Å². The molecule has 154 valence electrons. The maximum atomic E-state index is 13.2. The van der Waals surface area contributed by atoms with Gasteiger partial charge in [-0.05, 0) is 49.9 Å². The third-order valence-corrected chi connectivity index (χ3v) is 9.82. The average molecular weight is 427 g/mol. The highest BCUT2D eigenvalue weighted by Gasteiger charge is 2.49. The number of piperidine rings is 1. The van der Waals surface area contributed by atoms with E-state index < -0.39 is 15.8 Å². The topological polar surface area (TPSA) is 57.7 Å². The van der Waals surface area contributed by atoms with Crippen LogP contribution in [-0.4, -0.2) is 53.8 Å². The molecule has 4 rings (SSSR count). The summed E-state index contributed by atoms with van der Waals surface area (Å²) in [5.74, 6) is 0.893. The number of carbonyl (C=O) groups excluding carboxylic acids is 1. The van der Waals surface area contributed by atoms with E-state index >= 15 is 0 Å². The third kappa shape index (κ3) is 3.71. The zero-order valence-corrected chi connectivity index (χ0v) is 17.6. The summed E-state index contributed by atoms with van der Waals surface area (Å²) < 4.78 is 40.4. The SMILES string of the molecule is O=C(C1CCCCC1)N1CCSC12CCN(S(=O)(=O)c1ccc(F)cc1)CC2. The molecule has 1 aliphatic carbocycles. The first-order valence-corrected chi connectivity index (χ1v) is 12.6. The van der Waals surface area contributed by atoms with Crippen LogP contribution in [0.1, 0.15) is 44.9 Å². The van der Waals surface area contributed by atoms with E-state index in [1.165, 1.54) is 35.0 Å². The van der Waals surface area contributed by atoms with Crippen LogP contribution >= 0.6 is 11.8 Å². The Morgan fingerprint density at radius 3 is 2.32 bits per heavy atom. The smallest absolute Gasteiger partial charge is 0.243 e. The Labute approximate surface area is 170 Å². The molecule has 3 aliphatic rings. The summed E-state index contributed by atoms with van der Waals surface area (Å²) in [6.45, 7) is 1.55. The maximum absolute atomic E-state index is 13.2. The molecule has 0 aromatic heterocycles. The number of hydrogen-bond acceptors (Lipinski definition) is 4. The predicted octanol–water partition coefficient (Wildman–Crippen LogP) is 3.46. The third-order valence-electron chi connectivity index (χ3n) is 6.35. The lowest BCUT2D eigenvalue weighted by molar-refractivity contribution is -0.140. The lowest BCUT2D eigenvalue weighted by Gasteiger charge is -2.44. The van der Waals surface area contributed by atoms with Crippen molar-refractivity contribution >= 4 is 27.7 Å². The van der Waals surface area contributed by atoms with Gasteiger partial charge in [-0.1, -0.05) is 19.3 Å². The van der Waals surface area contributed by atoms with Gasteiger partial charge < -0.3 is 4.90 Å². The summed E-state index contributed by atoms with van der Waals surface area (Å²) in [5, 5.41) is 0. The summed E-state index contributed by atoms with van der Waals surface area (Å²) in [7, 11) is -3.63. The summed E-state index contributed by atoms with van der Waals surface area (Å²) in [4.78, 5) is 15.1. The van der Waals surface area contributed by atoms with Crippen molar-refractivity contribution in [1.82, 2.24) is 9.21 Å². The van der Waals surface area contributed by atoms with Crippen molar-refractivity contribution < 1.29 is 17.6 Å². The Morgan fingerprint density at radius 2 is 1.68 bits per heavy atom. The first kappa shape index (κ1) is 20.2. The number of sulfonamides is 1. The molecule has 0 bridgehead atoms. The fourth-order valence-electron chi connectivity index (χ4n) is 4.74. The second-order valence-electron chi connectivity index (χ2n) is 7.98. The molecular formula is C20H27FN2O3S2. The minimum atomic E-state index is -3.63. The number of halogens is 1. The first-order chi connectivity index (χ1) is 13.4. The standard InChI is InChI=1S/C20H27FN2O3S2/c21-17-6-8-18(9-7-17)28(25,26)22-12-10-20(11-13-22)23(14-15-27-20)19(24)16-4-2-1-3-5-16/h6-9,16H,1-5,10-15H2. The highest BCUT2D eigenvalue weighted by Crippen LogP contribution is 2.46. The van der Waals surface area contributed by atoms with Crippen molar-refractivity contribution in [2.24, 2.45) is 5.92 Å². The van der Waals surface area contributed by atoms with Crippen molar-refractivity contribution in [3.8, 4) is 0 Å². The van der Waals surface area contributed by atoms with E-state index in [0.717, 1.165) is 38.0 Å². The van der Waals surface area contributed by atoms with Gasteiger partial charge in [-0.3, -0.25) is 4.79 Å². The second-order valence-corrected chi connectivity index (χ2v) is 11.4. The molecule has 1 aromatic rings. The molecule has 1 aromatic carbocycles. The van der Waals surface area contributed by atoms with Crippen LogP contribution in [-0.2, 0) is 14.8 Å². The van der Waals surface area contributed by atoms with Gasteiger partial charge in [0.1, 0.15) is 5.82 Å². The molecule has 2 heterocycles. The van der Waals surface area contributed by atoms with Crippen molar-refractivity contribution in [3.05, 3.63) is 30.1 Å². The van der Waals surface area contributed by atoms with Gasteiger partial charge in [0.2, 0.25) is 15.9 Å². The van der Waals surface area contributed by atoms with Gasteiger partial charge in [0.05, 0.1) is 9.77 Å². The highest BCUT2D eigenvalue weighted by atomic mass is 32.2. The van der Waals surface area contributed by atoms with Gasteiger partial charge in [-0.2, -0.15) is 4.31 Å². The monoisotopic (exact) mass is 426 g/mol. The Hall–Kier alpha value is -1.12. The minimum Gasteiger partial charge on any atom is -0.327 e. The maximum Gasteiger partial charge on any atom is 0.243 e. The lowest BCUT2D eigenvalue weighted by Crippen LogP contribution is -2.54. The van der Waals surface area contributed by atoms with Gasteiger partial charge >= 0.3 is 0 Å². The van der Waals surface area contributed by atoms with Gasteiger partial charge in [-0.15, -0.1) is 11.8 Å². The predicted molar refractivity (Wildman–Crippen MR) is 108 cm³/mol. The molecule has 28 heavy (non-hydrogen) atoms. The van der Waals surface area contributed by atoms with E-state index in [9.17, 15) is 17.6 Å². The zero-order chi connectivity index (χ0) is 19.8. The van der Waals surface area contributed by atoms with Crippen LogP contribution in [0.2, 0.25) is 0 Å². The molecule has 3 fully saturated rings. The van der Waals surface area contributed by atoms with Crippen LogP contribution in [0.25, 0.3) is 0 Å². The van der Waals surface area contributed by atoms with Crippen molar-refractivity contribution in [1.29, 1.82) is 0 Å². The van der Waals surface area contributed by atoms with Crippen molar-refractivity contribution in [2.45, 2.75) is 54.7 Å². The number of nitrogens with zero attached hydrogens (tertiary/aromatic N) is 2. The van der Waals surface area contributed by atoms with E-state index in [1.54, 1.807) is 0 Å². The molecule has 0 N–H and O–H groups in total. The molecule has 1 spiro atoms. The summed E-state index contributed by atoms with van der Waals surface area (Å²) in [6.07, 6.45) is 6.76. The summed E-state index contributed by atoms with van der Waals surface area (Å²) >= 11 is 1.81. The van der Waals surface area contributed by atoms with Crippen LogP contribution in [0.5, 0.6) is 0 Å². The average Bonchev–Trinajstić information content (AvgIpc) is 3.11. The van der Waals surface area contributed by atoms with E-state index in [4.69, 9.17) is 0 Å². The number of hydrogen-bond donors (Lipinski definition) is 0. The van der Waals surface area contributed by atoms with Crippen LogP contribution in [0.15, 0.2) is 29.2 Å². The Kier molecular flexibility index (Phi) is 5.73. The number of thioether (sulfide) groups is 1. The van der Waals surface area contributed by atoms with E-state index in [2.05, 4.69) is 4.90 Å². The number of carbonyl (C=O) groups is 1. The van der Waals surface area contributed by atoms with Crippen LogP contribution in [0.3, 0.4) is 0 Å². The summed E-state index contributed by atoms with van der Waals surface area (Å²) in [6, 6.07) is 4.99. The van der Waals surface area contributed by atoms with Crippen LogP contribution in [0.4, 0.5) is 4.39 Å². The molecule has 1 saturated carbocycles. The quantitative estimate of drug-likeness (QED) is 0.743. The van der Waals surface area contributed by atoms with Gasteiger partial charge in [0, 0.05) is 31.3 Å². The molecular weight excluding hydrogens is 399 g/mol. The molecule has 1 amide bonds. The lowest BCUT2D eigenvalue weighted by atomic mass is 9.87. The van der Waals surface area contributed by atoms with E-state index in [0.29, 0.717) is 25.9 Å². The molecule has 0 radical (unpaired) electrons. The Bertz CT molecular complexity index is 814. The molecule has 0 atom stereocenters. The first-order valence-electron chi connectivity index (χ1n) is 10.1. The number of benzene rings is 1. The fraction of sp³-hybridized carbons (Fsp3) is 0.650. The normalized spacial score (nSPS) is 24.0. The van der Waals surface area contributed by atoms with Gasteiger partial charge in [0.15, 0.2) is 0 Å². The zero-order valence-electron chi connectivity index (χ0n) is 16.0. The summed E-state index contributed by atoms with van der Waals surface area (Å²) in [5.41, 5.74) is 0. The molecule has 0 unspecified atom stereocenters. The number of rotatable bonds is 3. The van der Waals surface area contributed by atoms with Gasteiger partial charge in [-0.25, -0.2) is 12.8 Å². The molecule has 2 aliphatic heterocycles. The second kappa shape index (κ2) is 7.95. The largest absolute Gasteiger partial charge is 0.327 e. The van der Waals surface area contributed by atoms with Crippen LogP contribution < -0.4 is 0 Å². The van der Waals surface area contributed by atoms with Crippen molar-refractivity contribution in [3.63, 3.8) is 0 Å². The fourth-order valence-corrected chi connectivity index (χ4v) is 7.64. The molecule has 5 nitrogen and oxygen atoms in total. The highest BCUT2D eigenvalue weighted by molar-refractivity contribution is 8.00. The van der Waals surface area contributed by atoms with E-state index in [-0.39, 0.29) is 21.6 Å². The Morgan fingerprint density at radius 1 is 1.04 bits per heavy atom. The van der Waals surface area contributed by atoms with Crippen LogP contribution in [0, 0.1) is 11.7 Å². The number of amides is 1. The van der Waals surface area contributed by atoms with Crippen molar-refractivity contribution in [2.75, 3.05) is 25.4 Å². The molecule has 2 saturated heterocycles. The van der Waals surface area contributed by atoms with E-state index in [1.807, 2.05) is 11.8 Å². The minimum absolute atomic E-state index is 0.124.